The summed E-state index contributed by atoms with van der Waals surface area (Å²) in [6, 6.07) is 13.1. The Labute approximate surface area is 143 Å². The summed E-state index contributed by atoms with van der Waals surface area (Å²) in [7, 11) is 0. The van der Waals surface area contributed by atoms with E-state index in [0.717, 1.165) is 5.56 Å². The summed E-state index contributed by atoms with van der Waals surface area (Å²) in [4.78, 5) is 16.9. The molecular formula is C18H14FN5O. The van der Waals surface area contributed by atoms with E-state index in [1.165, 1.54) is 22.9 Å². The predicted octanol–water partition coefficient (Wildman–Crippen LogP) is 3.03. The number of carbonyl (C=O) groups excluding carboxylic acids is 1. The first kappa shape index (κ1) is 15.1. The second-order valence-corrected chi connectivity index (χ2v) is 5.53. The number of benzene rings is 2. The van der Waals surface area contributed by atoms with Gasteiger partial charge in [-0.3, -0.25) is 4.79 Å². The molecule has 0 radical (unpaired) electrons. The van der Waals surface area contributed by atoms with E-state index in [1.54, 1.807) is 24.7 Å². The highest BCUT2D eigenvalue weighted by Crippen LogP contribution is 2.27. The van der Waals surface area contributed by atoms with Gasteiger partial charge in [-0.15, -0.1) is 0 Å². The van der Waals surface area contributed by atoms with Gasteiger partial charge in [0, 0.05) is 23.9 Å². The molecule has 0 spiro atoms. The van der Waals surface area contributed by atoms with Crippen LogP contribution in [0.3, 0.4) is 0 Å². The third-order valence-electron chi connectivity index (χ3n) is 3.85. The van der Waals surface area contributed by atoms with Crippen molar-refractivity contribution in [1.82, 2.24) is 15.1 Å². The van der Waals surface area contributed by atoms with Gasteiger partial charge in [0.15, 0.2) is 5.82 Å². The summed E-state index contributed by atoms with van der Waals surface area (Å²) in [5.41, 5.74) is 2.19. The molecule has 1 aliphatic rings. The van der Waals surface area contributed by atoms with E-state index >= 15 is 0 Å². The normalized spacial score (nSPS) is 12.4. The van der Waals surface area contributed by atoms with E-state index < -0.39 is 5.82 Å². The predicted molar refractivity (Wildman–Crippen MR) is 92.9 cm³/mol. The van der Waals surface area contributed by atoms with E-state index in [0.29, 0.717) is 29.3 Å². The van der Waals surface area contributed by atoms with Gasteiger partial charge in [-0.1, -0.05) is 18.2 Å². The molecule has 1 aromatic heterocycles. The molecule has 4 rings (SSSR count). The first-order valence-corrected chi connectivity index (χ1v) is 7.71. The molecule has 6 nitrogen and oxygen atoms in total. The van der Waals surface area contributed by atoms with Crippen molar-refractivity contribution >= 4 is 23.8 Å². The first-order chi connectivity index (χ1) is 12.2. The topological polar surface area (TPSA) is 71.3 Å². The highest BCUT2D eigenvalue weighted by Gasteiger charge is 2.20. The number of anilines is 1. The molecule has 0 saturated carbocycles. The number of nitrogens with zero attached hydrogens (tertiary/aromatic N) is 3. The van der Waals surface area contributed by atoms with E-state index in [-0.39, 0.29) is 5.91 Å². The molecule has 0 saturated heterocycles. The van der Waals surface area contributed by atoms with E-state index in [9.17, 15) is 9.18 Å². The van der Waals surface area contributed by atoms with Crippen LogP contribution in [-0.2, 0) is 6.54 Å². The van der Waals surface area contributed by atoms with Gasteiger partial charge in [0.25, 0.3) is 5.91 Å². The second kappa shape index (κ2) is 6.20. The number of halogens is 1. The molecule has 7 heteroatoms. The smallest absolute Gasteiger partial charge is 0.257 e. The van der Waals surface area contributed by atoms with Crippen molar-refractivity contribution in [2.24, 2.45) is 4.99 Å². The summed E-state index contributed by atoms with van der Waals surface area (Å²) in [5.74, 6) is -0.213. The summed E-state index contributed by atoms with van der Waals surface area (Å²) >= 11 is 0. The molecular weight excluding hydrogens is 321 g/mol. The van der Waals surface area contributed by atoms with Gasteiger partial charge >= 0.3 is 0 Å². The fourth-order valence-electron chi connectivity index (χ4n) is 2.67. The second-order valence-electron chi connectivity index (χ2n) is 5.53. The number of rotatable bonds is 3. The van der Waals surface area contributed by atoms with Crippen molar-refractivity contribution in [2.45, 2.75) is 6.54 Å². The lowest BCUT2D eigenvalue weighted by atomic mass is 10.1. The summed E-state index contributed by atoms with van der Waals surface area (Å²) in [6.45, 7) is 0.583. The summed E-state index contributed by atoms with van der Waals surface area (Å²) in [6.07, 6.45) is 3.21. The van der Waals surface area contributed by atoms with Gasteiger partial charge in [0.2, 0.25) is 0 Å². The molecule has 124 valence electrons. The Kier molecular flexibility index (Phi) is 3.74. The van der Waals surface area contributed by atoms with Crippen LogP contribution in [0.4, 0.5) is 15.9 Å². The Morgan fingerprint density at radius 3 is 2.88 bits per heavy atom. The van der Waals surface area contributed by atoms with Crippen molar-refractivity contribution in [3.63, 3.8) is 0 Å². The lowest BCUT2D eigenvalue weighted by Gasteiger charge is -2.13. The molecule has 0 fully saturated rings. The zero-order chi connectivity index (χ0) is 17.2. The fraction of sp³-hybridized carbons (Fsp3) is 0.0556. The Hall–Kier alpha value is -3.48. The molecule has 2 N–H and O–H groups in total. The Morgan fingerprint density at radius 1 is 1.20 bits per heavy atom. The molecule has 1 aliphatic heterocycles. The number of nitrogens with one attached hydrogen (secondary N) is 2. The molecule has 1 amide bonds. The van der Waals surface area contributed by atoms with Crippen LogP contribution in [0.1, 0.15) is 15.9 Å². The zero-order valence-corrected chi connectivity index (χ0v) is 13.1. The maximum absolute atomic E-state index is 13.8. The molecule has 3 aromatic rings. The van der Waals surface area contributed by atoms with E-state index in [1.807, 2.05) is 18.2 Å². The average molecular weight is 335 g/mol. The van der Waals surface area contributed by atoms with Crippen LogP contribution < -0.4 is 10.6 Å². The lowest BCUT2D eigenvalue weighted by molar-refractivity contribution is 0.102. The lowest BCUT2D eigenvalue weighted by Crippen LogP contribution is -2.17. The third-order valence-corrected chi connectivity index (χ3v) is 3.85. The highest BCUT2D eigenvalue weighted by molar-refractivity contribution is 6.06. The number of aromatic nitrogens is 2. The Balaban J connectivity index is 1.76. The number of carbonyl (C=O) groups is 1. The molecule has 0 bridgehead atoms. The van der Waals surface area contributed by atoms with E-state index in [4.69, 9.17) is 0 Å². The van der Waals surface area contributed by atoms with Gasteiger partial charge in [0.1, 0.15) is 5.82 Å². The van der Waals surface area contributed by atoms with Crippen LogP contribution in [0.25, 0.3) is 5.69 Å². The largest absolute Gasteiger partial charge is 0.372 e. The van der Waals surface area contributed by atoms with E-state index in [2.05, 4.69) is 20.7 Å². The number of fused-ring (bicyclic) bond motifs is 1. The number of aliphatic imine (C=N–C) groups is 1. The van der Waals surface area contributed by atoms with Crippen molar-refractivity contribution in [3.8, 4) is 5.69 Å². The first-order valence-electron chi connectivity index (χ1n) is 7.71. The van der Waals surface area contributed by atoms with Gasteiger partial charge in [-0.05, 0) is 24.3 Å². The van der Waals surface area contributed by atoms with Crippen LogP contribution >= 0.6 is 0 Å². The van der Waals surface area contributed by atoms with Crippen LogP contribution in [-0.4, -0.2) is 22.0 Å². The number of hydrogen-bond acceptors (Lipinski definition) is 4. The minimum absolute atomic E-state index is 0.310. The maximum atomic E-state index is 13.8. The Morgan fingerprint density at radius 2 is 2.04 bits per heavy atom. The number of para-hydroxylation sites is 1. The Bertz CT molecular complexity index is 965. The molecule has 25 heavy (non-hydrogen) atoms. The van der Waals surface area contributed by atoms with Gasteiger partial charge in [0.05, 0.1) is 23.8 Å². The summed E-state index contributed by atoms with van der Waals surface area (Å²) < 4.78 is 15.3. The average Bonchev–Trinajstić information content (AvgIpc) is 3.06. The van der Waals surface area contributed by atoms with Crippen LogP contribution in [0.5, 0.6) is 0 Å². The maximum Gasteiger partial charge on any atom is 0.257 e. The standard InChI is InChI=1S/C18H14FN5O/c19-13-6-7-15(18(25)23-14-4-2-1-3-5-14)16(8-13)24-17-12(10-22-24)9-20-11-21-17/h1-8,10-11H,9H2,(H,20,21)(H,23,25). The SMILES string of the molecule is O=C(Nc1ccccc1)c1ccc(F)cc1-n1ncc2c1N=CNC2. The third kappa shape index (κ3) is 2.87. The van der Waals surface area contributed by atoms with Gasteiger partial charge in [-0.2, -0.15) is 5.10 Å². The van der Waals surface area contributed by atoms with Crippen LogP contribution in [0, 0.1) is 5.82 Å². The molecule has 0 unspecified atom stereocenters. The van der Waals surface area contributed by atoms with Crippen molar-refractivity contribution in [3.05, 3.63) is 71.7 Å². The van der Waals surface area contributed by atoms with Gasteiger partial charge < -0.3 is 10.6 Å². The highest BCUT2D eigenvalue weighted by atomic mass is 19.1. The minimum Gasteiger partial charge on any atom is -0.372 e. The molecule has 0 atom stereocenters. The quantitative estimate of drug-likeness (QED) is 0.773. The molecule has 0 aliphatic carbocycles. The zero-order valence-electron chi connectivity index (χ0n) is 13.1. The number of hydrogen-bond donors (Lipinski definition) is 2. The summed E-state index contributed by atoms with van der Waals surface area (Å²) in [5, 5.41) is 10.1. The fourth-order valence-corrected chi connectivity index (χ4v) is 2.67. The number of amides is 1. The molecule has 2 aromatic carbocycles. The van der Waals surface area contributed by atoms with Crippen LogP contribution in [0.2, 0.25) is 0 Å². The molecule has 2 heterocycles. The van der Waals surface area contributed by atoms with Crippen molar-refractivity contribution in [1.29, 1.82) is 0 Å². The van der Waals surface area contributed by atoms with Crippen molar-refractivity contribution < 1.29 is 9.18 Å². The van der Waals surface area contributed by atoms with Crippen LogP contribution in [0.15, 0.2) is 59.7 Å². The minimum atomic E-state index is -0.451. The van der Waals surface area contributed by atoms with Gasteiger partial charge in [-0.25, -0.2) is 14.1 Å². The monoisotopic (exact) mass is 335 g/mol. The van der Waals surface area contributed by atoms with Crippen molar-refractivity contribution in [2.75, 3.05) is 5.32 Å².